The van der Waals surface area contributed by atoms with Crippen molar-refractivity contribution < 1.29 is 8.83 Å². The van der Waals surface area contributed by atoms with Gasteiger partial charge in [-0.3, -0.25) is 0 Å². The van der Waals surface area contributed by atoms with Crippen LogP contribution in [0.5, 0.6) is 0 Å². The summed E-state index contributed by atoms with van der Waals surface area (Å²) in [5.41, 5.74) is 5.32. The van der Waals surface area contributed by atoms with Gasteiger partial charge in [-0.15, -0.1) is 10.2 Å². The third kappa shape index (κ3) is 1.46. The minimum Gasteiger partial charge on any atom is -0.456 e. The molecule has 0 radical (unpaired) electrons. The van der Waals surface area contributed by atoms with Gasteiger partial charge in [0.15, 0.2) is 5.76 Å². The molecular weight excluding hydrogens is 170 g/mol. The summed E-state index contributed by atoms with van der Waals surface area (Å²) in [6.45, 7) is 2.09. The molecule has 0 unspecified atom stereocenters. The maximum atomic E-state index is 5.32. The Morgan fingerprint density at radius 2 is 2.15 bits per heavy atom. The maximum Gasteiger partial charge on any atom is 0.283 e. The lowest BCUT2D eigenvalue weighted by molar-refractivity contribution is 0.474. The third-order valence-corrected chi connectivity index (χ3v) is 1.59. The summed E-state index contributed by atoms with van der Waals surface area (Å²) in [6.07, 6.45) is 0. The number of hydrogen-bond donors (Lipinski definition) is 1. The highest BCUT2D eigenvalue weighted by molar-refractivity contribution is 5.43. The molecule has 13 heavy (non-hydrogen) atoms. The van der Waals surface area contributed by atoms with Gasteiger partial charge < -0.3 is 14.6 Å². The lowest BCUT2D eigenvalue weighted by Crippen LogP contribution is -1.95. The molecule has 0 aromatic carbocycles. The van der Waals surface area contributed by atoms with E-state index in [2.05, 4.69) is 10.2 Å². The zero-order valence-corrected chi connectivity index (χ0v) is 7.15. The molecule has 0 spiro atoms. The van der Waals surface area contributed by atoms with Crippen molar-refractivity contribution >= 4 is 0 Å². The molecule has 0 atom stereocenters. The van der Waals surface area contributed by atoms with Gasteiger partial charge in [-0.05, 0) is 19.1 Å². The topological polar surface area (TPSA) is 78.1 Å². The fourth-order valence-electron chi connectivity index (χ4n) is 0.985. The Labute approximate surface area is 74.6 Å². The monoisotopic (exact) mass is 179 g/mol. The first-order chi connectivity index (χ1) is 6.29. The quantitative estimate of drug-likeness (QED) is 0.746. The number of nitrogens with zero attached hydrogens (tertiary/aromatic N) is 2. The van der Waals surface area contributed by atoms with Crippen LogP contribution in [0.4, 0.5) is 0 Å². The Bertz CT molecular complexity index is 405. The Balaban J connectivity index is 2.35. The highest BCUT2D eigenvalue weighted by atomic mass is 16.4. The number of nitrogens with two attached hydrogens (primary N) is 1. The van der Waals surface area contributed by atoms with Crippen molar-refractivity contribution in [2.45, 2.75) is 13.5 Å². The molecule has 0 aliphatic heterocycles. The van der Waals surface area contributed by atoms with Crippen molar-refractivity contribution in [1.82, 2.24) is 10.2 Å². The number of aryl methyl sites for hydroxylation is 1. The molecule has 0 amide bonds. The van der Waals surface area contributed by atoms with Gasteiger partial charge in [-0.25, -0.2) is 0 Å². The first-order valence-electron chi connectivity index (χ1n) is 3.89. The second-order valence-corrected chi connectivity index (χ2v) is 2.62. The van der Waals surface area contributed by atoms with Gasteiger partial charge in [0.1, 0.15) is 5.76 Å². The summed E-state index contributed by atoms with van der Waals surface area (Å²) >= 11 is 0. The minimum atomic E-state index is 0.243. The Morgan fingerprint density at radius 1 is 1.31 bits per heavy atom. The van der Waals surface area contributed by atoms with Crippen LogP contribution in [0.25, 0.3) is 11.7 Å². The van der Waals surface area contributed by atoms with Gasteiger partial charge in [0.2, 0.25) is 5.89 Å². The molecule has 2 aromatic heterocycles. The van der Waals surface area contributed by atoms with Gasteiger partial charge >= 0.3 is 0 Å². The van der Waals surface area contributed by atoms with E-state index in [1.165, 1.54) is 0 Å². The Kier molecular flexibility index (Phi) is 1.86. The average Bonchev–Trinajstić information content (AvgIpc) is 2.71. The molecule has 68 valence electrons. The predicted molar refractivity (Wildman–Crippen MR) is 44.6 cm³/mol. The number of rotatable bonds is 2. The van der Waals surface area contributed by atoms with E-state index in [-0.39, 0.29) is 6.54 Å². The van der Waals surface area contributed by atoms with E-state index in [1.807, 2.05) is 13.0 Å². The standard InChI is InChI=1S/C8H9N3O2/c1-5-2-3-6(12-5)8-11-10-7(4-9)13-8/h2-3H,4,9H2,1H3. The van der Waals surface area contributed by atoms with Crippen LogP contribution in [0.2, 0.25) is 0 Å². The summed E-state index contributed by atoms with van der Waals surface area (Å²) in [7, 11) is 0. The molecule has 0 saturated carbocycles. The molecule has 5 nitrogen and oxygen atoms in total. The summed E-state index contributed by atoms with van der Waals surface area (Å²) in [5.74, 6) is 2.16. The predicted octanol–water partition coefficient (Wildman–Crippen LogP) is 1.10. The second-order valence-electron chi connectivity index (χ2n) is 2.62. The van der Waals surface area contributed by atoms with E-state index in [0.717, 1.165) is 5.76 Å². The summed E-state index contributed by atoms with van der Waals surface area (Å²) in [4.78, 5) is 0. The van der Waals surface area contributed by atoms with E-state index < -0.39 is 0 Å². The van der Waals surface area contributed by atoms with Crippen LogP contribution >= 0.6 is 0 Å². The number of furan rings is 1. The summed E-state index contributed by atoms with van der Waals surface area (Å²) in [5, 5.41) is 7.50. The van der Waals surface area contributed by atoms with Crippen LogP contribution in [0.1, 0.15) is 11.7 Å². The van der Waals surface area contributed by atoms with Crippen molar-refractivity contribution in [3.63, 3.8) is 0 Å². The van der Waals surface area contributed by atoms with Gasteiger partial charge in [-0.2, -0.15) is 0 Å². The van der Waals surface area contributed by atoms with Gasteiger partial charge in [0, 0.05) is 0 Å². The van der Waals surface area contributed by atoms with Gasteiger partial charge in [0.25, 0.3) is 5.89 Å². The lowest BCUT2D eigenvalue weighted by atomic mass is 10.4. The van der Waals surface area contributed by atoms with E-state index in [9.17, 15) is 0 Å². The first kappa shape index (κ1) is 8.00. The molecule has 0 saturated heterocycles. The van der Waals surface area contributed by atoms with E-state index >= 15 is 0 Å². The zero-order valence-electron chi connectivity index (χ0n) is 7.15. The van der Waals surface area contributed by atoms with E-state index in [0.29, 0.717) is 17.5 Å². The Hall–Kier alpha value is -1.62. The number of aromatic nitrogens is 2. The van der Waals surface area contributed by atoms with Gasteiger partial charge in [-0.1, -0.05) is 0 Å². The molecule has 0 aliphatic rings. The van der Waals surface area contributed by atoms with Crippen LogP contribution in [0.15, 0.2) is 21.0 Å². The molecule has 2 aromatic rings. The van der Waals surface area contributed by atoms with Crippen molar-refractivity contribution in [3.8, 4) is 11.7 Å². The second kappa shape index (κ2) is 3.02. The number of hydrogen-bond acceptors (Lipinski definition) is 5. The van der Waals surface area contributed by atoms with Crippen LogP contribution in [-0.4, -0.2) is 10.2 Å². The fourth-order valence-corrected chi connectivity index (χ4v) is 0.985. The molecular formula is C8H9N3O2. The maximum absolute atomic E-state index is 5.32. The molecule has 2 heterocycles. The summed E-state index contributed by atoms with van der Waals surface area (Å²) in [6, 6.07) is 3.62. The smallest absolute Gasteiger partial charge is 0.283 e. The van der Waals surface area contributed by atoms with Crippen molar-refractivity contribution in [2.24, 2.45) is 5.73 Å². The SMILES string of the molecule is Cc1ccc(-c2nnc(CN)o2)o1. The molecule has 5 heteroatoms. The van der Waals surface area contributed by atoms with Crippen molar-refractivity contribution in [2.75, 3.05) is 0 Å². The molecule has 0 fully saturated rings. The largest absolute Gasteiger partial charge is 0.456 e. The lowest BCUT2D eigenvalue weighted by Gasteiger charge is -1.86. The van der Waals surface area contributed by atoms with Crippen LogP contribution in [-0.2, 0) is 6.54 Å². The highest BCUT2D eigenvalue weighted by Crippen LogP contribution is 2.19. The molecule has 2 rings (SSSR count). The third-order valence-electron chi connectivity index (χ3n) is 1.59. The van der Waals surface area contributed by atoms with Gasteiger partial charge in [0.05, 0.1) is 6.54 Å². The van der Waals surface area contributed by atoms with Crippen LogP contribution in [0.3, 0.4) is 0 Å². The van der Waals surface area contributed by atoms with E-state index in [1.54, 1.807) is 6.07 Å². The summed E-state index contributed by atoms with van der Waals surface area (Å²) < 4.78 is 10.5. The normalized spacial score (nSPS) is 10.6. The molecule has 2 N–H and O–H groups in total. The van der Waals surface area contributed by atoms with Crippen LogP contribution < -0.4 is 5.73 Å². The highest BCUT2D eigenvalue weighted by Gasteiger charge is 2.10. The van der Waals surface area contributed by atoms with E-state index in [4.69, 9.17) is 14.6 Å². The zero-order chi connectivity index (χ0) is 9.26. The minimum absolute atomic E-state index is 0.243. The Morgan fingerprint density at radius 3 is 2.69 bits per heavy atom. The molecule has 0 bridgehead atoms. The first-order valence-corrected chi connectivity index (χ1v) is 3.89. The van der Waals surface area contributed by atoms with Crippen molar-refractivity contribution in [1.29, 1.82) is 0 Å². The average molecular weight is 179 g/mol. The molecule has 0 aliphatic carbocycles. The fraction of sp³-hybridized carbons (Fsp3) is 0.250. The van der Waals surface area contributed by atoms with Crippen molar-refractivity contribution in [3.05, 3.63) is 23.8 Å². The van der Waals surface area contributed by atoms with Crippen LogP contribution in [0, 0.1) is 6.92 Å².